The highest BCUT2D eigenvalue weighted by Crippen LogP contribution is 2.26. The number of amides is 3. The quantitative estimate of drug-likeness (QED) is 0.290. The van der Waals surface area contributed by atoms with E-state index in [-0.39, 0.29) is 39.8 Å². The lowest BCUT2D eigenvalue weighted by Crippen LogP contribution is -2.35. The number of esters is 1. The van der Waals surface area contributed by atoms with Gasteiger partial charge < -0.3 is 10.1 Å². The summed E-state index contributed by atoms with van der Waals surface area (Å²) in [7, 11) is 0. The predicted molar refractivity (Wildman–Crippen MR) is 132 cm³/mol. The summed E-state index contributed by atoms with van der Waals surface area (Å²) in [6.45, 7) is 2.80. The standard InChI is InChI=1S/C27H21ClN2O6/c1-15(2)30-25(33)19-10-8-17(12-20(19)26(30)34)27(35)36-14-23(31)29-22-11-9-18(28)13-21(22)24(32)16-6-4-3-5-7-16/h3-13,15H,14H2,1-2H3,(H,29,31). The molecule has 0 spiro atoms. The Kier molecular flexibility index (Phi) is 6.98. The third kappa shape index (κ3) is 4.89. The van der Waals surface area contributed by atoms with Gasteiger partial charge in [0.05, 0.1) is 22.4 Å². The Morgan fingerprint density at radius 1 is 0.889 bits per heavy atom. The van der Waals surface area contributed by atoms with Gasteiger partial charge in [0, 0.05) is 22.2 Å². The van der Waals surface area contributed by atoms with Crippen molar-refractivity contribution in [1.82, 2.24) is 4.90 Å². The van der Waals surface area contributed by atoms with Crippen molar-refractivity contribution in [3.05, 3.63) is 99.6 Å². The average Bonchev–Trinajstić information content (AvgIpc) is 3.13. The molecule has 0 fully saturated rings. The first-order chi connectivity index (χ1) is 17.2. The van der Waals surface area contributed by atoms with Crippen LogP contribution in [0.1, 0.15) is 60.8 Å². The molecule has 1 heterocycles. The van der Waals surface area contributed by atoms with Gasteiger partial charge in [0.2, 0.25) is 0 Å². The molecule has 1 N–H and O–H groups in total. The lowest BCUT2D eigenvalue weighted by Gasteiger charge is -2.17. The molecule has 182 valence electrons. The molecule has 0 bridgehead atoms. The zero-order valence-corrected chi connectivity index (χ0v) is 20.2. The third-order valence-corrected chi connectivity index (χ3v) is 5.78. The van der Waals surface area contributed by atoms with Crippen LogP contribution >= 0.6 is 11.6 Å². The van der Waals surface area contributed by atoms with Crippen molar-refractivity contribution in [2.75, 3.05) is 11.9 Å². The van der Waals surface area contributed by atoms with Crippen LogP contribution in [0.2, 0.25) is 5.02 Å². The number of nitrogens with zero attached hydrogens (tertiary/aromatic N) is 1. The molecule has 1 aliphatic heterocycles. The van der Waals surface area contributed by atoms with E-state index >= 15 is 0 Å². The molecule has 4 rings (SSSR count). The Labute approximate surface area is 211 Å². The number of halogens is 1. The smallest absolute Gasteiger partial charge is 0.338 e. The zero-order valence-electron chi connectivity index (χ0n) is 19.4. The van der Waals surface area contributed by atoms with Crippen LogP contribution in [0.4, 0.5) is 5.69 Å². The van der Waals surface area contributed by atoms with Crippen molar-refractivity contribution < 1.29 is 28.7 Å². The number of fused-ring (bicyclic) bond motifs is 1. The SMILES string of the molecule is CC(C)N1C(=O)c2ccc(C(=O)OCC(=O)Nc3ccc(Cl)cc3C(=O)c3ccccc3)cc2C1=O. The number of ether oxygens (including phenoxy) is 1. The highest BCUT2D eigenvalue weighted by molar-refractivity contribution is 6.31. The van der Waals surface area contributed by atoms with Gasteiger partial charge in [-0.15, -0.1) is 0 Å². The van der Waals surface area contributed by atoms with Crippen LogP contribution in [0.15, 0.2) is 66.7 Å². The van der Waals surface area contributed by atoms with E-state index in [0.717, 1.165) is 4.90 Å². The van der Waals surface area contributed by atoms with Gasteiger partial charge in [0.25, 0.3) is 17.7 Å². The maximum Gasteiger partial charge on any atom is 0.338 e. The average molecular weight is 505 g/mol. The van der Waals surface area contributed by atoms with Crippen LogP contribution in [-0.2, 0) is 9.53 Å². The number of imide groups is 1. The van der Waals surface area contributed by atoms with Gasteiger partial charge in [-0.25, -0.2) is 4.79 Å². The number of rotatable bonds is 7. The number of hydrogen-bond acceptors (Lipinski definition) is 6. The van der Waals surface area contributed by atoms with Gasteiger partial charge in [-0.2, -0.15) is 0 Å². The Morgan fingerprint density at radius 2 is 1.58 bits per heavy atom. The second-order valence-corrected chi connectivity index (χ2v) is 8.78. The maximum absolute atomic E-state index is 12.9. The van der Waals surface area contributed by atoms with Crippen molar-refractivity contribution in [1.29, 1.82) is 0 Å². The van der Waals surface area contributed by atoms with Crippen molar-refractivity contribution in [2.45, 2.75) is 19.9 Å². The van der Waals surface area contributed by atoms with Gasteiger partial charge in [-0.1, -0.05) is 41.9 Å². The Morgan fingerprint density at radius 3 is 2.28 bits per heavy atom. The summed E-state index contributed by atoms with van der Waals surface area (Å²) in [4.78, 5) is 64.0. The van der Waals surface area contributed by atoms with Gasteiger partial charge in [-0.05, 0) is 50.2 Å². The molecule has 1 aliphatic rings. The number of hydrogen-bond donors (Lipinski definition) is 1. The lowest BCUT2D eigenvalue weighted by atomic mass is 10.0. The molecule has 9 heteroatoms. The van der Waals surface area contributed by atoms with Gasteiger partial charge in [0.1, 0.15) is 0 Å². The van der Waals surface area contributed by atoms with Crippen molar-refractivity contribution in [2.24, 2.45) is 0 Å². The maximum atomic E-state index is 12.9. The summed E-state index contributed by atoms with van der Waals surface area (Å²) in [5, 5.41) is 2.89. The number of carbonyl (C=O) groups excluding carboxylic acids is 5. The molecular formula is C27H21ClN2O6. The molecule has 3 aromatic rings. The molecule has 0 atom stereocenters. The van der Waals surface area contributed by atoms with Crippen molar-refractivity contribution >= 4 is 46.8 Å². The van der Waals surface area contributed by atoms with Crippen LogP contribution in [0.3, 0.4) is 0 Å². The number of nitrogens with one attached hydrogen (secondary N) is 1. The fourth-order valence-corrected chi connectivity index (χ4v) is 3.99. The van der Waals surface area contributed by atoms with Crippen molar-refractivity contribution in [3.63, 3.8) is 0 Å². The van der Waals surface area contributed by atoms with E-state index in [0.29, 0.717) is 10.6 Å². The Hall–Kier alpha value is -4.30. The van der Waals surface area contributed by atoms with Gasteiger partial charge in [0.15, 0.2) is 12.4 Å². The highest BCUT2D eigenvalue weighted by atomic mass is 35.5. The summed E-state index contributed by atoms with van der Waals surface area (Å²) in [6, 6.07) is 16.7. The summed E-state index contributed by atoms with van der Waals surface area (Å²) in [5.74, 6) is -2.76. The van der Waals surface area contributed by atoms with E-state index in [9.17, 15) is 24.0 Å². The molecule has 36 heavy (non-hydrogen) atoms. The summed E-state index contributed by atoms with van der Waals surface area (Å²) in [6.07, 6.45) is 0. The van der Waals surface area contributed by atoms with E-state index in [1.807, 2.05) is 0 Å². The molecule has 0 unspecified atom stereocenters. The molecule has 3 aromatic carbocycles. The summed E-state index contributed by atoms with van der Waals surface area (Å²) < 4.78 is 5.10. The first-order valence-electron chi connectivity index (χ1n) is 11.1. The number of ketones is 1. The van der Waals surface area contributed by atoms with Crippen LogP contribution in [-0.4, -0.2) is 47.0 Å². The topological polar surface area (TPSA) is 110 Å². The molecule has 0 aliphatic carbocycles. The molecule has 0 radical (unpaired) electrons. The molecular weight excluding hydrogens is 484 g/mol. The van der Waals surface area contributed by atoms with Gasteiger partial charge in [-0.3, -0.25) is 24.1 Å². The monoisotopic (exact) mass is 504 g/mol. The fraction of sp³-hybridized carbons (Fsp3) is 0.148. The third-order valence-electron chi connectivity index (χ3n) is 5.54. The minimum Gasteiger partial charge on any atom is -0.452 e. The second-order valence-electron chi connectivity index (χ2n) is 8.34. The molecule has 0 saturated carbocycles. The van der Waals surface area contributed by atoms with E-state index in [1.165, 1.54) is 36.4 Å². The highest BCUT2D eigenvalue weighted by Gasteiger charge is 2.37. The number of anilines is 1. The fourth-order valence-electron chi connectivity index (χ4n) is 3.81. The molecule has 3 amide bonds. The lowest BCUT2D eigenvalue weighted by molar-refractivity contribution is -0.119. The van der Waals surface area contributed by atoms with Gasteiger partial charge >= 0.3 is 5.97 Å². The van der Waals surface area contributed by atoms with Crippen LogP contribution < -0.4 is 5.32 Å². The Bertz CT molecular complexity index is 1400. The molecule has 0 aromatic heterocycles. The van der Waals surface area contributed by atoms with E-state index < -0.39 is 30.3 Å². The molecule has 0 saturated heterocycles. The minimum atomic E-state index is -0.840. The molecule has 8 nitrogen and oxygen atoms in total. The normalized spacial score (nSPS) is 12.5. The predicted octanol–water partition coefficient (Wildman–Crippen LogP) is 4.37. The Balaban J connectivity index is 1.44. The first kappa shape index (κ1) is 24.8. The summed E-state index contributed by atoms with van der Waals surface area (Å²) >= 11 is 6.06. The number of carbonyl (C=O) groups is 5. The zero-order chi connectivity index (χ0) is 26.0. The van der Waals surface area contributed by atoms with Crippen molar-refractivity contribution in [3.8, 4) is 0 Å². The first-order valence-corrected chi connectivity index (χ1v) is 11.4. The largest absolute Gasteiger partial charge is 0.452 e. The minimum absolute atomic E-state index is 0.0275. The van der Waals surface area contributed by atoms with E-state index in [1.54, 1.807) is 44.2 Å². The number of benzene rings is 3. The van der Waals surface area contributed by atoms with E-state index in [2.05, 4.69) is 5.32 Å². The second kappa shape index (κ2) is 10.1. The van der Waals surface area contributed by atoms with Crippen LogP contribution in [0, 0.1) is 0 Å². The van der Waals surface area contributed by atoms with Crippen LogP contribution in [0.5, 0.6) is 0 Å². The van der Waals surface area contributed by atoms with E-state index in [4.69, 9.17) is 16.3 Å². The summed E-state index contributed by atoms with van der Waals surface area (Å²) in [5.41, 5.74) is 1.16. The van der Waals surface area contributed by atoms with Crippen LogP contribution in [0.25, 0.3) is 0 Å².